The first kappa shape index (κ1) is 39.6. The maximum Gasteiger partial charge on any atom is 0.305 e. The molecule has 1 unspecified atom stereocenters. The number of carbonyl (C=O) groups is 1. The van der Waals surface area contributed by atoms with Crippen LogP contribution in [-0.4, -0.2) is 62.2 Å². The van der Waals surface area contributed by atoms with Crippen molar-refractivity contribution in [3.63, 3.8) is 0 Å². The monoisotopic (exact) mass is 707 g/mol. The van der Waals surface area contributed by atoms with E-state index in [9.17, 15) is 17.8 Å². The number of anilines is 2. The maximum atomic E-state index is 12.4. The van der Waals surface area contributed by atoms with E-state index >= 15 is 0 Å². The predicted molar refractivity (Wildman–Crippen MR) is 209 cm³/mol. The van der Waals surface area contributed by atoms with Crippen LogP contribution in [0.1, 0.15) is 148 Å². The largest absolute Gasteiger partial charge is 0.466 e. The summed E-state index contributed by atoms with van der Waals surface area (Å²) < 4.78 is 40.1. The third-order valence-corrected chi connectivity index (χ3v) is 10.7. The molecule has 9 heteroatoms. The lowest BCUT2D eigenvalue weighted by Crippen LogP contribution is -2.49. The molecular formula is C41H61N3O5S. The van der Waals surface area contributed by atoms with Crippen LogP contribution in [0.3, 0.4) is 0 Å². The summed E-state index contributed by atoms with van der Waals surface area (Å²) in [6.07, 6.45) is 6.02. The minimum atomic E-state index is -4.30. The summed E-state index contributed by atoms with van der Waals surface area (Å²) in [4.78, 5) is 20.0. The summed E-state index contributed by atoms with van der Waals surface area (Å²) in [7, 11) is -4.30. The molecule has 0 saturated carbocycles. The third-order valence-electron chi connectivity index (χ3n) is 10.0. The van der Waals surface area contributed by atoms with E-state index in [0.717, 1.165) is 59.5 Å². The number of unbranched alkanes of at least 4 members (excludes halogenated alkanes) is 1. The standard InChI is InChI=1S/C41H61N3O5S/c1-12-15-18-43-38-31-20-29-27(4)24-40(8,9)44(19-16-17-37(45)49-14-3)36(29)23-34(31)41(10,11)33-22-35(42-13-2)30(21-32(33)38)28(25-39(5,6)7)26-50(46,47)48/h20-23,25,27,42H,12-19,24,26H2,1-11H3,(H,46,47,48)/b28-25-,43-38?. The van der Waals surface area contributed by atoms with Crippen LogP contribution in [0.2, 0.25) is 0 Å². The number of ether oxygens (including phenoxy) is 1. The van der Waals surface area contributed by atoms with E-state index < -0.39 is 21.3 Å². The van der Waals surface area contributed by atoms with Crippen molar-refractivity contribution >= 4 is 38.7 Å². The summed E-state index contributed by atoms with van der Waals surface area (Å²) in [5.41, 5.74) is 9.21. The van der Waals surface area contributed by atoms with Gasteiger partial charge in [-0.3, -0.25) is 14.3 Å². The number of rotatable bonds is 13. The van der Waals surface area contributed by atoms with Crippen LogP contribution in [0.25, 0.3) is 5.57 Å². The Bertz CT molecular complexity index is 1750. The molecule has 276 valence electrons. The Morgan fingerprint density at radius 2 is 1.72 bits per heavy atom. The molecule has 1 heterocycles. The fourth-order valence-electron chi connectivity index (χ4n) is 7.92. The zero-order valence-corrected chi connectivity index (χ0v) is 33.2. The lowest BCUT2D eigenvalue weighted by molar-refractivity contribution is -0.143. The molecule has 2 aromatic rings. The van der Waals surface area contributed by atoms with Gasteiger partial charge in [-0.15, -0.1) is 0 Å². The van der Waals surface area contributed by atoms with Crippen molar-refractivity contribution in [1.29, 1.82) is 0 Å². The molecule has 1 aliphatic heterocycles. The number of esters is 1. The quantitative estimate of drug-likeness (QED) is 0.121. The van der Waals surface area contributed by atoms with Crippen LogP contribution in [-0.2, 0) is 25.1 Å². The van der Waals surface area contributed by atoms with Gasteiger partial charge in [0.05, 0.1) is 12.3 Å². The summed E-state index contributed by atoms with van der Waals surface area (Å²) in [5, 5.41) is 3.52. The van der Waals surface area contributed by atoms with Gasteiger partial charge in [-0.1, -0.05) is 61.0 Å². The van der Waals surface area contributed by atoms with Crippen molar-refractivity contribution in [2.75, 3.05) is 42.2 Å². The summed E-state index contributed by atoms with van der Waals surface area (Å²) in [6.45, 7) is 26.1. The van der Waals surface area contributed by atoms with Gasteiger partial charge in [0.1, 0.15) is 5.75 Å². The van der Waals surface area contributed by atoms with Crippen LogP contribution in [0.4, 0.5) is 11.4 Å². The predicted octanol–water partition coefficient (Wildman–Crippen LogP) is 9.15. The summed E-state index contributed by atoms with van der Waals surface area (Å²) >= 11 is 0. The SMILES string of the molecule is CCCCN=C1c2cc(/C(=C\C(C)(C)C)CS(=O)(=O)O)c(NCC)cc2C(C)(C)c2cc3c(cc21)C(C)CC(C)(C)N3CCCC(=O)OCC. The topological polar surface area (TPSA) is 108 Å². The van der Waals surface area contributed by atoms with Crippen molar-refractivity contribution in [2.45, 2.75) is 125 Å². The van der Waals surface area contributed by atoms with Gasteiger partial charge in [0.2, 0.25) is 0 Å². The smallest absolute Gasteiger partial charge is 0.305 e. The molecule has 1 atom stereocenters. The Balaban J connectivity index is 1.99. The molecule has 0 fully saturated rings. The van der Waals surface area contributed by atoms with Gasteiger partial charge in [-0.05, 0) is 105 Å². The van der Waals surface area contributed by atoms with Crippen molar-refractivity contribution in [2.24, 2.45) is 10.4 Å². The zero-order chi connectivity index (χ0) is 37.2. The van der Waals surface area contributed by atoms with E-state index in [-0.39, 0.29) is 16.9 Å². The number of aliphatic imine (C=N–C) groups is 1. The van der Waals surface area contributed by atoms with Crippen LogP contribution < -0.4 is 10.2 Å². The average molecular weight is 708 g/mol. The van der Waals surface area contributed by atoms with Crippen LogP contribution in [0.15, 0.2) is 35.3 Å². The van der Waals surface area contributed by atoms with Crippen molar-refractivity contribution < 1.29 is 22.5 Å². The maximum absolute atomic E-state index is 12.4. The van der Waals surface area contributed by atoms with Crippen LogP contribution in [0, 0.1) is 5.41 Å². The van der Waals surface area contributed by atoms with Crippen LogP contribution >= 0.6 is 0 Å². The van der Waals surface area contributed by atoms with Gasteiger partial charge in [-0.25, -0.2) is 0 Å². The lowest BCUT2D eigenvalue weighted by atomic mass is 9.66. The Kier molecular flexibility index (Phi) is 12.0. The number of benzene rings is 2. The molecule has 4 rings (SSSR count). The molecular weight excluding hydrogens is 647 g/mol. The van der Waals surface area contributed by atoms with Gasteiger partial charge < -0.3 is 15.0 Å². The zero-order valence-electron chi connectivity index (χ0n) is 32.4. The number of hydrogen-bond acceptors (Lipinski definition) is 7. The highest BCUT2D eigenvalue weighted by molar-refractivity contribution is 7.86. The van der Waals surface area contributed by atoms with E-state index in [2.05, 4.69) is 76.0 Å². The van der Waals surface area contributed by atoms with E-state index in [4.69, 9.17) is 9.73 Å². The molecule has 0 amide bonds. The molecule has 0 bridgehead atoms. The molecule has 8 nitrogen and oxygen atoms in total. The third kappa shape index (κ3) is 8.82. The average Bonchev–Trinajstić information content (AvgIpc) is 2.98. The summed E-state index contributed by atoms with van der Waals surface area (Å²) in [6, 6.07) is 9.03. The van der Waals surface area contributed by atoms with Crippen molar-refractivity contribution in [1.82, 2.24) is 0 Å². The van der Waals surface area contributed by atoms with Crippen molar-refractivity contribution in [3.05, 3.63) is 63.7 Å². The van der Waals surface area contributed by atoms with Crippen LogP contribution in [0.5, 0.6) is 0 Å². The van der Waals surface area contributed by atoms with Gasteiger partial charge in [0.15, 0.2) is 0 Å². The molecule has 2 aliphatic rings. The number of allylic oxidation sites excluding steroid dienone is 1. The Labute approximate surface area is 301 Å². The molecule has 2 aromatic carbocycles. The molecule has 0 saturated heterocycles. The first-order chi connectivity index (χ1) is 23.2. The number of nitrogens with zero attached hydrogens (tertiary/aromatic N) is 2. The molecule has 50 heavy (non-hydrogen) atoms. The van der Waals surface area contributed by atoms with Gasteiger partial charge in [-0.2, -0.15) is 8.42 Å². The highest BCUT2D eigenvalue weighted by Crippen LogP contribution is 2.50. The van der Waals surface area contributed by atoms with E-state index in [0.29, 0.717) is 44.0 Å². The minimum absolute atomic E-state index is 0.0972. The fraction of sp³-hybridized carbons (Fsp3) is 0.610. The number of nitrogens with one attached hydrogen (secondary N) is 1. The Morgan fingerprint density at radius 1 is 1.06 bits per heavy atom. The van der Waals surface area contributed by atoms with E-state index in [1.165, 1.54) is 16.8 Å². The minimum Gasteiger partial charge on any atom is -0.466 e. The van der Waals surface area contributed by atoms with Gasteiger partial charge in [0, 0.05) is 65.1 Å². The highest BCUT2D eigenvalue weighted by atomic mass is 32.2. The Morgan fingerprint density at radius 3 is 2.32 bits per heavy atom. The van der Waals surface area contributed by atoms with Crippen molar-refractivity contribution in [3.8, 4) is 0 Å². The van der Waals surface area contributed by atoms with E-state index in [1.807, 2.05) is 40.7 Å². The Hall–Kier alpha value is -3.17. The molecule has 0 aromatic heterocycles. The highest BCUT2D eigenvalue weighted by Gasteiger charge is 2.42. The molecule has 1 aliphatic carbocycles. The second-order valence-corrected chi connectivity index (χ2v) is 17.8. The second kappa shape index (κ2) is 15.2. The van der Waals surface area contributed by atoms with Gasteiger partial charge in [0.25, 0.3) is 10.1 Å². The molecule has 0 radical (unpaired) electrons. The second-order valence-electron chi connectivity index (χ2n) is 16.4. The number of fused-ring (bicyclic) bond motifs is 3. The fourth-order valence-corrected chi connectivity index (χ4v) is 8.55. The molecule has 0 spiro atoms. The first-order valence-corrected chi connectivity index (χ1v) is 20.1. The van der Waals surface area contributed by atoms with Gasteiger partial charge >= 0.3 is 5.97 Å². The normalized spacial score (nSPS) is 19.1. The summed E-state index contributed by atoms with van der Waals surface area (Å²) in [5.74, 6) is -0.313. The molecule has 2 N–H and O–H groups in total. The number of carbonyl (C=O) groups excluding carboxylic acids is 1. The number of hydrogen-bond donors (Lipinski definition) is 2. The van der Waals surface area contributed by atoms with E-state index in [1.54, 1.807) is 0 Å². The lowest BCUT2D eigenvalue weighted by Gasteiger charge is -2.49. The first-order valence-electron chi connectivity index (χ1n) is 18.5.